The number of rotatable bonds is 4. The van der Waals surface area contributed by atoms with Crippen LogP contribution in [-0.2, 0) is 9.59 Å². The zero-order valence-electron chi connectivity index (χ0n) is 13.3. The van der Waals surface area contributed by atoms with E-state index in [0.29, 0.717) is 23.2 Å². The van der Waals surface area contributed by atoms with Crippen LogP contribution in [0.1, 0.15) is 12.0 Å². The molecule has 0 heterocycles. The third-order valence-corrected chi connectivity index (χ3v) is 4.50. The van der Waals surface area contributed by atoms with Crippen LogP contribution in [0.25, 0.3) is 0 Å². The van der Waals surface area contributed by atoms with Gasteiger partial charge in [-0.15, -0.1) is 0 Å². The number of amides is 2. The van der Waals surface area contributed by atoms with E-state index in [9.17, 15) is 18.4 Å². The molecular weight excluding hydrogens is 350 g/mol. The molecule has 130 valence electrons. The second-order valence-electron chi connectivity index (χ2n) is 6.02. The van der Waals surface area contributed by atoms with Gasteiger partial charge in [-0.05, 0) is 43.2 Å². The van der Waals surface area contributed by atoms with Crippen molar-refractivity contribution < 1.29 is 18.4 Å². The molecule has 7 heteroatoms. The monoisotopic (exact) mass is 364 g/mol. The Morgan fingerprint density at radius 3 is 2.36 bits per heavy atom. The molecule has 0 aromatic heterocycles. The molecule has 0 spiro atoms. The van der Waals surface area contributed by atoms with Crippen LogP contribution in [0.2, 0.25) is 5.02 Å². The van der Waals surface area contributed by atoms with E-state index in [4.69, 9.17) is 11.6 Å². The fourth-order valence-corrected chi connectivity index (χ4v) is 2.68. The van der Waals surface area contributed by atoms with Gasteiger partial charge in [0.05, 0.1) is 17.5 Å². The highest BCUT2D eigenvalue weighted by Crippen LogP contribution is 2.40. The van der Waals surface area contributed by atoms with Gasteiger partial charge in [-0.1, -0.05) is 17.7 Å². The molecule has 2 N–H and O–H groups in total. The van der Waals surface area contributed by atoms with Gasteiger partial charge in [-0.3, -0.25) is 9.59 Å². The molecule has 0 saturated heterocycles. The maximum absolute atomic E-state index is 13.6. The summed E-state index contributed by atoms with van der Waals surface area (Å²) in [5.41, 5.74) is 1.34. The smallest absolute Gasteiger partial charge is 0.228 e. The second-order valence-corrected chi connectivity index (χ2v) is 6.42. The van der Waals surface area contributed by atoms with E-state index in [1.54, 1.807) is 18.2 Å². The number of aryl methyl sites for hydroxylation is 1. The maximum atomic E-state index is 13.6. The Labute approximate surface area is 148 Å². The van der Waals surface area contributed by atoms with E-state index < -0.39 is 29.4 Å². The largest absolute Gasteiger partial charge is 0.326 e. The molecule has 1 saturated carbocycles. The fourth-order valence-electron chi connectivity index (χ4n) is 2.50. The summed E-state index contributed by atoms with van der Waals surface area (Å²) >= 11 is 6.01. The highest BCUT2D eigenvalue weighted by Gasteiger charge is 2.48. The van der Waals surface area contributed by atoms with E-state index >= 15 is 0 Å². The Kier molecular flexibility index (Phi) is 4.72. The minimum Gasteiger partial charge on any atom is -0.326 e. The third kappa shape index (κ3) is 3.96. The van der Waals surface area contributed by atoms with Crippen molar-refractivity contribution in [1.29, 1.82) is 0 Å². The van der Waals surface area contributed by atoms with Crippen molar-refractivity contribution in [3.05, 3.63) is 58.6 Å². The van der Waals surface area contributed by atoms with Crippen LogP contribution in [0, 0.1) is 30.4 Å². The number of benzene rings is 2. The highest BCUT2D eigenvalue weighted by atomic mass is 35.5. The van der Waals surface area contributed by atoms with Crippen LogP contribution in [0.4, 0.5) is 20.2 Å². The Hall–Kier alpha value is -2.47. The summed E-state index contributed by atoms with van der Waals surface area (Å²) < 4.78 is 26.4. The average molecular weight is 365 g/mol. The molecule has 1 aliphatic rings. The van der Waals surface area contributed by atoms with Crippen molar-refractivity contribution in [3.8, 4) is 0 Å². The maximum Gasteiger partial charge on any atom is 0.228 e. The van der Waals surface area contributed by atoms with Crippen molar-refractivity contribution >= 4 is 34.8 Å². The predicted octanol–water partition coefficient (Wildman–Crippen LogP) is 4.14. The number of carbonyl (C=O) groups excluding carboxylic acids is 2. The molecule has 2 aromatic carbocycles. The fraction of sp³-hybridized carbons (Fsp3) is 0.222. The van der Waals surface area contributed by atoms with Crippen molar-refractivity contribution in [2.45, 2.75) is 13.3 Å². The summed E-state index contributed by atoms with van der Waals surface area (Å²) in [6.45, 7) is 1.85. The number of anilines is 2. The summed E-state index contributed by atoms with van der Waals surface area (Å²) in [6.07, 6.45) is 0.375. The number of hydrogen-bond donors (Lipinski definition) is 2. The standard InChI is InChI=1S/C18H15ClF2N2O2/c1-9-2-4-11(7-14(9)19)22-17(24)12-8-13(12)18(25)23-16-5-3-10(20)6-15(16)21/h2-7,12-13H,8H2,1H3,(H,22,24)(H,23,25). The summed E-state index contributed by atoms with van der Waals surface area (Å²) in [4.78, 5) is 24.3. The van der Waals surface area contributed by atoms with Gasteiger partial charge in [-0.25, -0.2) is 8.78 Å². The average Bonchev–Trinajstić information content (AvgIpc) is 3.34. The Balaban J connectivity index is 1.58. The van der Waals surface area contributed by atoms with Crippen LogP contribution in [0.15, 0.2) is 36.4 Å². The zero-order chi connectivity index (χ0) is 18.1. The number of halogens is 3. The molecule has 1 fully saturated rings. The lowest BCUT2D eigenvalue weighted by Gasteiger charge is -2.08. The van der Waals surface area contributed by atoms with Gasteiger partial charge in [0.15, 0.2) is 0 Å². The number of carbonyl (C=O) groups is 2. The van der Waals surface area contributed by atoms with Crippen LogP contribution >= 0.6 is 11.6 Å². The lowest BCUT2D eigenvalue weighted by molar-refractivity contribution is -0.122. The minimum atomic E-state index is -0.857. The van der Waals surface area contributed by atoms with Crippen molar-refractivity contribution in [2.24, 2.45) is 11.8 Å². The Morgan fingerprint density at radius 1 is 1.04 bits per heavy atom. The third-order valence-electron chi connectivity index (χ3n) is 4.09. The van der Waals surface area contributed by atoms with E-state index in [1.807, 2.05) is 6.92 Å². The van der Waals surface area contributed by atoms with Crippen molar-refractivity contribution in [2.75, 3.05) is 10.6 Å². The first-order chi connectivity index (χ1) is 11.8. The van der Waals surface area contributed by atoms with Gasteiger partial charge in [0.1, 0.15) is 11.6 Å². The Bertz CT molecular complexity index is 857. The molecule has 0 radical (unpaired) electrons. The molecule has 2 atom stereocenters. The molecule has 0 aliphatic heterocycles. The van der Waals surface area contributed by atoms with Crippen LogP contribution in [-0.4, -0.2) is 11.8 Å². The topological polar surface area (TPSA) is 58.2 Å². The van der Waals surface area contributed by atoms with Crippen LogP contribution < -0.4 is 10.6 Å². The van der Waals surface area contributed by atoms with Gasteiger partial charge in [0.25, 0.3) is 0 Å². The van der Waals surface area contributed by atoms with Gasteiger partial charge in [0.2, 0.25) is 11.8 Å². The van der Waals surface area contributed by atoms with Crippen LogP contribution in [0.3, 0.4) is 0 Å². The van der Waals surface area contributed by atoms with Crippen LogP contribution in [0.5, 0.6) is 0 Å². The molecule has 0 bridgehead atoms. The van der Waals surface area contributed by atoms with Gasteiger partial charge >= 0.3 is 0 Å². The second kappa shape index (κ2) is 6.80. The number of nitrogens with one attached hydrogen (secondary N) is 2. The van der Waals surface area contributed by atoms with Gasteiger partial charge in [-0.2, -0.15) is 0 Å². The lowest BCUT2D eigenvalue weighted by Crippen LogP contribution is -2.21. The summed E-state index contributed by atoms with van der Waals surface area (Å²) in [6, 6.07) is 8.04. The molecule has 1 aliphatic carbocycles. The molecule has 2 amide bonds. The molecule has 4 nitrogen and oxygen atoms in total. The zero-order valence-corrected chi connectivity index (χ0v) is 14.0. The molecular formula is C18H15ClF2N2O2. The highest BCUT2D eigenvalue weighted by molar-refractivity contribution is 6.31. The van der Waals surface area contributed by atoms with Crippen molar-refractivity contribution in [1.82, 2.24) is 0 Å². The van der Waals surface area contributed by atoms with E-state index in [0.717, 1.165) is 17.7 Å². The molecule has 3 rings (SSSR count). The van der Waals surface area contributed by atoms with Gasteiger partial charge < -0.3 is 10.6 Å². The Morgan fingerprint density at radius 2 is 1.72 bits per heavy atom. The summed E-state index contributed by atoms with van der Waals surface area (Å²) in [7, 11) is 0. The van der Waals surface area contributed by atoms with E-state index in [1.165, 1.54) is 0 Å². The van der Waals surface area contributed by atoms with Gasteiger partial charge in [0, 0.05) is 16.8 Å². The van der Waals surface area contributed by atoms with Crippen molar-refractivity contribution in [3.63, 3.8) is 0 Å². The van der Waals surface area contributed by atoms with E-state index in [-0.39, 0.29) is 11.6 Å². The first-order valence-electron chi connectivity index (χ1n) is 7.68. The SMILES string of the molecule is Cc1ccc(NC(=O)C2CC2C(=O)Nc2ccc(F)cc2F)cc1Cl. The molecule has 2 aromatic rings. The quantitative estimate of drug-likeness (QED) is 0.856. The predicted molar refractivity (Wildman–Crippen MR) is 91.4 cm³/mol. The molecule has 2 unspecified atom stereocenters. The summed E-state index contributed by atoms with van der Waals surface area (Å²) in [5, 5.41) is 5.63. The number of hydrogen-bond acceptors (Lipinski definition) is 2. The first-order valence-corrected chi connectivity index (χ1v) is 8.06. The normalized spacial score (nSPS) is 18.6. The molecule has 25 heavy (non-hydrogen) atoms. The summed E-state index contributed by atoms with van der Waals surface area (Å²) in [5.74, 6) is -3.36. The lowest BCUT2D eigenvalue weighted by atomic mass is 10.2. The first kappa shape index (κ1) is 17.4. The van der Waals surface area contributed by atoms with E-state index in [2.05, 4.69) is 10.6 Å². The minimum absolute atomic E-state index is 0.109.